The van der Waals surface area contributed by atoms with Crippen molar-refractivity contribution in [1.82, 2.24) is 0 Å². The Hall–Kier alpha value is -2.13. The minimum Gasteiger partial charge on any atom is -0.481 e. The first kappa shape index (κ1) is 16.9. The number of rotatable bonds is 3. The number of hydrogen-bond donors (Lipinski definition) is 2. The average molecular weight is 285 g/mol. The van der Waals surface area contributed by atoms with Crippen LogP contribution in [0.25, 0.3) is 0 Å². The third-order valence-corrected chi connectivity index (χ3v) is 3.07. The molecule has 0 aromatic heterocycles. The summed E-state index contributed by atoms with van der Waals surface area (Å²) in [7, 11) is 0. The lowest BCUT2D eigenvalue weighted by atomic mass is 9.90. The van der Waals surface area contributed by atoms with E-state index in [1.807, 2.05) is 69.3 Å². The monoisotopic (exact) mass is 285 g/mol. The number of benzene rings is 2. The van der Waals surface area contributed by atoms with Crippen molar-refractivity contribution in [2.45, 2.75) is 26.7 Å². The second-order valence-corrected chi connectivity index (χ2v) is 5.00. The molecule has 0 saturated heterocycles. The number of nitrogens with two attached hydrogens (primary N) is 1. The van der Waals surface area contributed by atoms with Crippen molar-refractivity contribution in [3.05, 3.63) is 70.8 Å². The van der Waals surface area contributed by atoms with Crippen molar-refractivity contribution in [2.75, 3.05) is 6.54 Å². The fourth-order valence-corrected chi connectivity index (χ4v) is 2.00. The maximum atomic E-state index is 11.5. The standard InChI is InChI=1S/C16H16O2.C2H7N/c1-11-3-7-13(8-4-11)15(16(17)18)14-9-5-12(2)6-10-14;1-2-3/h3-10,15H,1-2H3,(H,17,18);2-3H2,1H3. The molecule has 2 rings (SSSR count). The Morgan fingerprint density at radius 3 is 1.48 bits per heavy atom. The van der Waals surface area contributed by atoms with Gasteiger partial charge in [0.15, 0.2) is 0 Å². The fraction of sp³-hybridized carbons (Fsp3) is 0.278. The lowest BCUT2D eigenvalue weighted by Crippen LogP contribution is -2.13. The highest BCUT2D eigenvalue weighted by molar-refractivity contribution is 5.80. The molecule has 3 heteroatoms. The van der Waals surface area contributed by atoms with Gasteiger partial charge in [0.2, 0.25) is 0 Å². The second-order valence-electron chi connectivity index (χ2n) is 5.00. The molecule has 0 atom stereocenters. The van der Waals surface area contributed by atoms with Gasteiger partial charge in [0, 0.05) is 0 Å². The van der Waals surface area contributed by atoms with E-state index >= 15 is 0 Å². The number of aryl methyl sites for hydroxylation is 2. The molecule has 0 aliphatic rings. The maximum Gasteiger partial charge on any atom is 0.315 e. The van der Waals surface area contributed by atoms with Crippen LogP contribution >= 0.6 is 0 Å². The minimum atomic E-state index is -0.817. The van der Waals surface area contributed by atoms with Crippen molar-refractivity contribution in [3.8, 4) is 0 Å². The minimum absolute atomic E-state index is 0.591. The summed E-state index contributed by atoms with van der Waals surface area (Å²) >= 11 is 0. The van der Waals surface area contributed by atoms with Crippen molar-refractivity contribution in [3.63, 3.8) is 0 Å². The van der Waals surface area contributed by atoms with Crippen LogP contribution in [0, 0.1) is 13.8 Å². The zero-order chi connectivity index (χ0) is 15.8. The lowest BCUT2D eigenvalue weighted by molar-refractivity contribution is -0.137. The van der Waals surface area contributed by atoms with Gasteiger partial charge in [0.25, 0.3) is 0 Å². The van der Waals surface area contributed by atoms with Crippen LogP contribution in [0.1, 0.15) is 35.1 Å². The van der Waals surface area contributed by atoms with Gasteiger partial charge in [-0.2, -0.15) is 0 Å². The summed E-state index contributed by atoms with van der Waals surface area (Å²) < 4.78 is 0. The van der Waals surface area contributed by atoms with Crippen molar-refractivity contribution < 1.29 is 9.90 Å². The van der Waals surface area contributed by atoms with Crippen LogP contribution in [0.4, 0.5) is 0 Å². The van der Waals surface area contributed by atoms with E-state index in [-0.39, 0.29) is 0 Å². The molecular weight excluding hydrogens is 262 g/mol. The van der Waals surface area contributed by atoms with E-state index in [0.717, 1.165) is 28.8 Å². The Morgan fingerprint density at radius 1 is 0.952 bits per heavy atom. The lowest BCUT2D eigenvalue weighted by Gasteiger charge is -2.13. The molecule has 2 aromatic rings. The van der Waals surface area contributed by atoms with Crippen LogP contribution in [0.2, 0.25) is 0 Å². The third kappa shape index (κ3) is 5.04. The molecule has 0 unspecified atom stereocenters. The van der Waals surface area contributed by atoms with Gasteiger partial charge < -0.3 is 10.8 Å². The molecule has 0 aliphatic heterocycles. The topological polar surface area (TPSA) is 63.3 Å². The summed E-state index contributed by atoms with van der Waals surface area (Å²) in [6.45, 7) is 6.64. The summed E-state index contributed by atoms with van der Waals surface area (Å²) in [4.78, 5) is 11.5. The van der Waals surface area contributed by atoms with Gasteiger partial charge in [-0.15, -0.1) is 0 Å². The van der Waals surface area contributed by atoms with Gasteiger partial charge in [-0.1, -0.05) is 66.6 Å². The van der Waals surface area contributed by atoms with Gasteiger partial charge in [-0.05, 0) is 31.5 Å². The Labute approximate surface area is 126 Å². The molecule has 0 saturated carbocycles. The number of carboxylic acid groups (broad SMARTS) is 1. The summed E-state index contributed by atoms with van der Waals surface area (Å²) in [6, 6.07) is 15.3. The van der Waals surface area contributed by atoms with Crippen LogP contribution < -0.4 is 5.73 Å². The normalized spacial score (nSPS) is 9.95. The average Bonchev–Trinajstić information content (AvgIpc) is 2.44. The molecule has 21 heavy (non-hydrogen) atoms. The van der Waals surface area contributed by atoms with Gasteiger partial charge in [-0.25, -0.2) is 0 Å². The largest absolute Gasteiger partial charge is 0.481 e. The van der Waals surface area contributed by atoms with E-state index in [1.54, 1.807) is 0 Å². The Balaban J connectivity index is 0.000000677. The first-order chi connectivity index (χ1) is 9.99. The number of hydrogen-bond acceptors (Lipinski definition) is 2. The van der Waals surface area contributed by atoms with Crippen molar-refractivity contribution in [1.29, 1.82) is 0 Å². The van der Waals surface area contributed by atoms with Crippen LogP contribution in [0.15, 0.2) is 48.5 Å². The first-order valence-electron chi connectivity index (χ1n) is 7.05. The highest BCUT2D eigenvalue weighted by atomic mass is 16.4. The van der Waals surface area contributed by atoms with Gasteiger partial charge >= 0.3 is 5.97 Å². The van der Waals surface area contributed by atoms with Gasteiger partial charge in [0.05, 0.1) is 0 Å². The van der Waals surface area contributed by atoms with Gasteiger partial charge in [-0.3, -0.25) is 4.79 Å². The van der Waals surface area contributed by atoms with E-state index in [2.05, 4.69) is 0 Å². The Bertz CT molecular complexity index is 513. The molecule has 112 valence electrons. The molecule has 0 aliphatic carbocycles. The molecule has 3 N–H and O–H groups in total. The molecule has 0 bridgehead atoms. The van der Waals surface area contributed by atoms with Crippen LogP contribution in [-0.4, -0.2) is 17.6 Å². The summed E-state index contributed by atoms with van der Waals surface area (Å²) in [5, 5.41) is 9.42. The third-order valence-electron chi connectivity index (χ3n) is 3.07. The zero-order valence-corrected chi connectivity index (χ0v) is 12.8. The van der Waals surface area contributed by atoms with Crippen LogP contribution in [0.5, 0.6) is 0 Å². The number of carbonyl (C=O) groups is 1. The highest BCUT2D eigenvalue weighted by Crippen LogP contribution is 2.25. The summed E-state index contributed by atoms with van der Waals surface area (Å²) in [5.74, 6) is -1.41. The van der Waals surface area contributed by atoms with Crippen molar-refractivity contribution in [2.24, 2.45) is 5.73 Å². The first-order valence-corrected chi connectivity index (χ1v) is 7.05. The molecule has 2 aromatic carbocycles. The van der Waals surface area contributed by atoms with Crippen molar-refractivity contribution >= 4 is 5.97 Å². The maximum absolute atomic E-state index is 11.5. The predicted octanol–water partition coefficient (Wildman–Crippen LogP) is 3.48. The second kappa shape index (κ2) is 8.22. The zero-order valence-electron chi connectivity index (χ0n) is 12.8. The van der Waals surface area contributed by atoms with E-state index < -0.39 is 11.9 Å². The molecule has 0 heterocycles. The van der Waals surface area contributed by atoms with E-state index in [4.69, 9.17) is 5.73 Å². The quantitative estimate of drug-likeness (QED) is 0.907. The highest BCUT2D eigenvalue weighted by Gasteiger charge is 2.21. The summed E-state index contributed by atoms with van der Waals surface area (Å²) in [6.07, 6.45) is 0. The van der Waals surface area contributed by atoms with E-state index in [0.29, 0.717) is 0 Å². The van der Waals surface area contributed by atoms with Crippen LogP contribution in [-0.2, 0) is 4.79 Å². The predicted molar refractivity (Wildman–Crippen MR) is 86.6 cm³/mol. The summed E-state index contributed by atoms with van der Waals surface area (Å²) in [5.41, 5.74) is 8.74. The molecule has 0 amide bonds. The number of carboxylic acids is 1. The van der Waals surface area contributed by atoms with Gasteiger partial charge in [0.1, 0.15) is 5.92 Å². The van der Waals surface area contributed by atoms with Crippen LogP contribution in [0.3, 0.4) is 0 Å². The SMILES string of the molecule is CCN.Cc1ccc(C(C(=O)O)c2ccc(C)cc2)cc1. The Kier molecular flexibility index (Phi) is 6.63. The van der Waals surface area contributed by atoms with E-state index in [9.17, 15) is 9.90 Å². The van der Waals surface area contributed by atoms with E-state index in [1.165, 1.54) is 0 Å². The molecule has 3 nitrogen and oxygen atoms in total. The fourth-order valence-electron chi connectivity index (χ4n) is 2.00. The smallest absolute Gasteiger partial charge is 0.315 e. The Morgan fingerprint density at radius 2 is 1.24 bits per heavy atom. The molecule has 0 radical (unpaired) electrons. The molecule has 0 fully saturated rings. The number of aliphatic carboxylic acids is 1. The molecular formula is C18H23NO2. The molecule has 0 spiro atoms.